The van der Waals surface area contributed by atoms with Crippen LogP contribution in [0, 0.1) is 18.8 Å². The van der Waals surface area contributed by atoms with Crippen LogP contribution < -0.4 is 5.32 Å². The number of carboxylic acids is 1. The summed E-state index contributed by atoms with van der Waals surface area (Å²) in [6.45, 7) is 2.06. The second-order valence-corrected chi connectivity index (χ2v) is 8.90. The van der Waals surface area contributed by atoms with Crippen molar-refractivity contribution in [3.05, 3.63) is 77.9 Å². The van der Waals surface area contributed by atoms with Gasteiger partial charge in [0.2, 0.25) is 0 Å². The number of anilines is 2. The third-order valence-corrected chi connectivity index (χ3v) is 6.64. The number of para-hydroxylation sites is 1. The first-order valence-electron chi connectivity index (χ1n) is 10.1. The fraction of sp³-hybridized carbons (Fsp3) is 0.160. The first-order valence-corrected chi connectivity index (χ1v) is 10.9. The number of carbonyl (C=O) groups excluding carboxylic acids is 1. The molecule has 2 unspecified atom stereocenters. The van der Waals surface area contributed by atoms with Crippen molar-refractivity contribution in [2.75, 3.05) is 5.32 Å². The third kappa shape index (κ3) is 3.82. The normalized spacial score (nSPS) is 17.5. The number of nitrogens with one attached hydrogen (secondary N) is 1. The molecule has 0 saturated heterocycles. The Labute approximate surface area is 183 Å². The summed E-state index contributed by atoms with van der Waals surface area (Å²) in [6, 6.07) is 21.6. The van der Waals surface area contributed by atoms with E-state index in [-0.39, 0.29) is 11.7 Å². The first-order chi connectivity index (χ1) is 15.0. The largest absolute Gasteiger partial charge is 0.481 e. The SMILES string of the molecule is Cc1cccc2sc(Nc3ccc(-c4ccc(C(=O)C5CC5C(=O)O)cc4)cc3)nc12. The van der Waals surface area contributed by atoms with Crippen LogP contribution in [0.15, 0.2) is 66.7 Å². The van der Waals surface area contributed by atoms with Crippen molar-refractivity contribution in [3.8, 4) is 11.1 Å². The number of carboxylic acid groups (broad SMARTS) is 1. The molecular formula is C25H20N2O3S. The number of aryl methyl sites for hydroxylation is 1. The van der Waals surface area contributed by atoms with Gasteiger partial charge in [0.1, 0.15) is 0 Å². The molecule has 1 saturated carbocycles. The van der Waals surface area contributed by atoms with E-state index in [2.05, 4.69) is 29.4 Å². The van der Waals surface area contributed by atoms with Gasteiger partial charge < -0.3 is 10.4 Å². The molecule has 4 aromatic rings. The Kier molecular flexibility index (Phi) is 4.79. The Bertz CT molecular complexity index is 1290. The molecular weight excluding hydrogens is 408 g/mol. The number of Topliss-reactive ketones (excluding diaryl/α,β-unsaturated/α-hetero) is 1. The topological polar surface area (TPSA) is 79.3 Å². The van der Waals surface area contributed by atoms with Crippen molar-refractivity contribution in [2.24, 2.45) is 11.8 Å². The predicted molar refractivity (Wildman–Crippen MR) is 123 cm³/mol. The summed E-state index contributed by atoms with van der Waals surface area (Å²) in [5.74, 6) is -1.86. The van der Waals surface area contributed by atoms with E-state index in [9.17, 15) is 9.59 Å². The van der Waals surface area contributed by atoms with Gasteiger partial charge in [0.15, 0.2) is 10.9 Å². The van der Waals surface area contributed by atoms with Gasteiger partial charge in [-0.05, 0) is 48.2 Å². The highest BCUT2D eigenvalue weighted by atomic mass is 32.1. The summed E-state index contributed by atoms with van der Waals surface area (Å²) in [5.41, 5.74) is 5.77. The lowest BCUT2D eigenvalue weighted by Crippen LogP contribution is -2.08. The maximum Gasteiger partial charge on any atom is 0.307 e. The average Bonchev–Trinajstić information content (AvgIpc) is 3.48. The summed E-state index contributed by atoms with van der Waals surface area (Å²) in [7, 11) is 0. The van der Waals surface area contributed by atoms with Crippen LogP contribution in [0.4, 0.5) is 10.8 Å². The van der Waals surface area contributed by atoms with Gasteiger partial charge in [-0.3, -0.25) is 9.59 Å². The minimum atomic E-state index is -0.885. The number of hydrogen-bond donors (Lipinski definition) is 2. The van der Waals surface area contributed by atoms with Crippen LogP contribution in [0.25, 0.3) is 21.3 Å². The van der Waals surface area contributed by atoms with Gasteiger partial charge in [0, 0.05) is 17.2 Å². The van der Waals surface area contributed by atoms with Gasteiger partial charge in [-0.1, -0.05) is 59.9 Å². The highest BCUT2D eigenvalue weighted by Gasteiger charge is 2.48. The molecule has 1 aliphatic rings. The minimum absolute atomic E-state index is 0.0791. The molecule has 6 heteroatoms. The van der Waals surface area contributed by atoms with E-state index in [0.717, 1.165) is 32.2 Å². The van der Waals surface area contributed by atoms with Crippen molar-refractivity contribution in [2.45, 2.75) is 13.3 Å². The van der Waals surface area contributed by atoms with Crippen LogP contribution in [-0.2, 0) is 4.79 Å². The zero-order valence-electron chi connectivity index (χ0n) is 16.8. The molecule has 2 N–H and O–H groups in total. The van der Waals surface area contributed by atoms with E-state index >= 15 is 0 Å². The summed E-state index contributed by atoms with van der Waals surface area (Å²) < 4.78 is 1.16. The molecule has 0 aliphatic heterocycles. The molecule has 5 nitrogen and oxygen atoms in total. The van der Waals surface area contributed by atoms with E-state index in [0.29, 0.717) is 12.0 Å². The monoisotopic (exact) mass is 428 g/mol. The predicted octanol–water partition coefficient (Wildman–Crippen LogP) is 5.92. The molecule has 0 spiro atoms. The Morgan fingerprint density at radius 1 is 0.968 bits per heavy atom. The van der Waals surface area contributed by atoms with E-state index in [1.807, 2.05) is 42.5 Å². The molecule has 31 heavy (non-hydrogen) atoms. The standard InChI is InChI=1S/C25H20N2O3S/c1-14-3-2-4-21-22(14)27-25(31-21)26-18-11-9-16(10-12-18)15-5-7-17(8-6-15)23(28)19-13-20(19)24(29)30/h2-12,19-20H,13H2,1H3,(H,26,27)(H,29,30). The van der Waals surface area contributed by atoms with Gasteiger partial charge in [-0.25, -0.2) is 4.98 Å². The van der Waals surface area contributed by atoms with E-state index in [1.54, 1.807) is 23.5 Å². The Hall–Kier alpha value is -3.51. The number of rotatable bonds is 6. The fourth-order valence-corrected chi connectivity index (χ4v) is 4.77. The Morgan fingerprint density at radius 2 is 1.65 bits per heavy atom. The maximum atomic E-state index is 12.4. The second-order valence-electron chi connectivity index (χ2n) is 7.87. The van der Waals surface area contributed by atoms with Crippen molar-refractivity contribution < 1.29 is 14.7 Å². The Morgan fingerprint density at radius 3 is 2.26 bits per heavy atom. The van der Waals surface area contributed by atoms with E-state index in [1.165, 1.54) is 5.56 Å². The molecule has 154 valence electrons. The van der Waals surface area contributed by atoms with Gasteiger partial charge in [-0.2, -0.15) is 0 Å². The number of benzene rings is 3. The highest BCUT2D eigenvalue weighted by Crippen LogP contribution is 2.41. The number of aromatic nitrogens is 1. The minimum Gasteiger partial charge on any atom is -0.481 e. The quantitative estimate of drug-likeness (QED) is 0.373. The van der Waals surface area contributed by atoms with Gasteiger partial charge in [0.25, 0.3) is 0 Å². The number of nitrogens with zero attached hydrogens (tertiary/aromatic N) is 1. The van der Waals surface area contributed by atoms with E-state index in [4.69, 9.17) is 5.11 Å². The van der Waals surface area contributed by atoms with Crippen LogP contribution in [0.1, 0.15) is 22.3 Å². The molecule has 1 aromatic heterocycles. The lowest BCUT2D eigenvalue weighted by molar-refractivity contribution is -0.138. The molecule has 0 amide bonds. The third-order valence-electron chi connectivity index (χ3n) is 5.70. The lowest BCUT2D eigenvalue weighted by Gasteiger charge is -2.06. The fourth-order valence-electron chi connectivity index (χ4n) is 3.81. The van der Waals surface area contributed by atoms with Gasteiger partial charge in [0.05, 0.1) is 16.1 Å². The smallest absolute Gasteiger partial charge is 0.307 e. The van der Waals surface area contributed by atoms with Crippen LogP contribution in [-0.4, -0.2) is 21.8 Å². The number of thiazole rings is 1. The maximum absolute atomic E-state index is 12.4. The molecule has 2 atom stereocenters. The lowest BCUT2D eigenvalue weighted by atomic mass is 10.0. The number of ketones is 1. The summed E-state index contributed by atoms with van der Waals surface area (Å²) in [4.78, 5) is 28.1. The number of carbonyl (C=O) groups is 2. The Balaban J connectivity index is 1.29. The zero-order chi connectivity index (χ0) is 21.5. The molecule has 0 bridgehead atoms. The molecule has 1 heterocycles. The van der Waals surface area contributed by atoms with Crippen molar-refractivity contribution in [3.63, 3.8) is 0 Å². The van der Waals surface area contributed by atoms with Crippen LogP contribution >= 0.6 is 11.3 Å². The van der Waals surface area contributed by atoms with Crippen LogP contribution in [0.5, 0.6) is 0 Å². The van der Waals surface area contributed by atoms with Crippen LogP contribution in [0.3, 0.4) is 0 Å². The second kappa shape index (κ2) is 7.63. The van der Waals surface area contributed by atoms with Crippen molar-refractivity contribution in [1.82, 2.24) is 4.98 Å². The summed E-state index contributed by atoms with van der Waals surface area (Å²) in [6.07, 6.45) is 0.443. The number of fused-ring (bicyclic) bond motifs is 1. The molecule has 1 aliphatic carbocycles. The average molecular weight is 429 g/mol. The van der Waals surface area contributed by atoms with E-state index < -0.39 is 11.9 Å². The first kappa shape index (κ1) is 19.5. The number of aliphatic carboxylic acids is 1. The van der Waals surface area contributed by atoms with Crippen molar-refractivity contribution in [1.29, 1.82) is 0 Å². The van der Waals surface area contributed by atoms with Gasteiger partial charge in [-0.15, -0.1) is 0 Å². The van der Waals surface area contributed by atoms with Gasteiger partial charge >= 0.3 is 5.97 Å². The molecule has 1 fully saturated rings. The molecule has 3 aromatic carbocycles. The number of hydrogen-bond acceptors (Lipinski definition) is 5. The van der Waals surface area contributed by atoms with Crippen molar-refractivity contribution >= 4 is 44.1 Å². The zero-order valence-corrected chi connectivity index (χ0v) is 17.6. The molecule has 0 radical (unpaired) electrons. The highest BCUT2D eigenvalue weighted by molar-refractivity contribution is 7.22. The summed E-state index contributed by atoms with van der Waals surface area (Å²) in [5, 5.41) is 13.2. The summed E-state index contributed by atoms with van der Waals surface area (Å²) >= 11 is 1.63. The molecule has 5 rings (SSSR count). The van der Waals surface area contributed by atoms with Crippen LogP contribution in [0.2, 0.25) is 0 Å².